The van der Waals surface area contributed by atoms with E-state index in [2.05, 4.69) is 21.9 Å². The number of amides is 1. The standard InChI is InChI=1S/C17H18N2O3S2/c1-3-16-10-11-17(23-16)24(21,22)18-12-4-5-14-6-8-15(9-7-14)19-13(2)20/h6-11,18H,3,12H2,1-2H3,(H,19,20). The average Bonchev–Trinajstić information content (AvgIpc) is 3.02. The molecule has 0 fully saturated rings. The van der Waals surface area contributed by atoms with E-state index in [0.29, 0.717) is 9.90 Å². The van der Waals surface area contributed by atoms with Crippen molar-refractivity contribution in [2.45, 2.75) is 24.5 Å². The highest BCUT2D eigenvalue weighted by molar-refractivity contribution is 7.91. The van der Waals surface area contributed by atoms with E-state index in [1.54, 1.807) is 30.3 Å². The summed E-state index contributed by atoms with van der Waals surface area (Å²) in [6.45, 7) is 3.46. The van der Waals surface area contributed by atoms with Crippen molar-refractivity contribution < 1.29 is 13.2 Å². The largest absolute Gasteiger partial charge is 0.326 e. The molecule has 0 spiro atoms. The van der Waals surface area contributed by atoms with E-state index in [4.69, 9.17) is 0 Å². The zero-order chi connectivity index (χ0) is 17.6. The summed E-state index contributed by atoms with van der Waals surface area (Å²) >= 11 is 1.27. The summed E-state index contributed by atoms with van der Waals surface area (Å²) in [5.41, 5.74) is 1.44. The molecule has 1 heterocycles. The third kappa shape index (κ3) is 5.20. The highest BCUT2D eigenvalue weighted by Crippen LogP contribution is 2.21. The van der Waals surface area contributed by atoms with Gasteiger partial charge < -0.3 is 5.32 Å². The molecule has 0 aliphatic heterocycles. The van der Waals surface area contributed by atoms with Gasteiger partial charge in [0.1, 0.15) is 4.21 Å². The van der Waals surface area contributed by atoms with Crippen molar-refractivity contribution in [2.75, 3.05) is 11.9 Å². The van der Waals surface area contributed by atoms with Gasteiger partial charge in [-0.2, -0.15) is 4.72 Å². The van der Waals surface area contributed by atoms with E-state index in [1.807, 2.05) is 13.0 Å². The molecule has 0 aliphatic carbocycles. The number of rotatable bonds is 5. The van der Waals surface area contributed by atoms with Gasteiger partial charge in [-0.25, -0.2) is 8.42 Å². The van der Waals surface area contributed by atoms with Gasteiger partial charge in [0.2, 0.25) is 5.91 Å². The highest BCUT2D eigenvalue weighted by atomic mass is 32.2. The van der Waals surface area contributed by atoms with Crippen LogP contribution < -0.4 is 10.0 Å². The maximum atomic E-state index is 12.1. The molecular weight excluding hydrogens is 344 g/mol. The molecule has 0 saturated heterocycles. The topological polar surface area (TPSA) is 75.3 Å². The quantitative estimate of drug-likeness (QED) is 0.803. The van der Waals surface area contributed by atoms with Crippen LogP contribution in [0.5, 0.6) is 0 Å². The number of benzene rings is 1. The van der Waals surface area contributed by atoms with Crippen molar-refractivity contribution in [1.82, 2.24) is 4.72 Å². The first-order chi connectivity index (χ1) is 11.4. The Kier molecular flexibility index (Phi) is 6.15. The monoisotopic (exact) mass is 362 g/mol. The number of hydrogen-bond donors (Lipinski definition) is 2. The van der Waals surface area contributed by atoms with Crippen LogP contribution in [0.1, 0.15) is 24.3 Å². The number of nitrogens with one attached hydrogen (secondary N) is 2. The molecule has 0 bridgehead atoms. The van der Waals surface area contributed by atoms with Gasteiger partial charge in [-0.05, 0) is 42.8 Å². The lowest BCUT2D eigenvalue weighted by molar-refractivity contribution is -0.114. The molecule has 7 heteroatoms. The summed E-state index contributed by atoms with van der Waals surface area (Å²) in [4.78, 5) is 12.0. The molecule has 5 nitrogen and oxygen atoms in total. The van der Waals surface area contributed by atoms with Crippen molar-refractivity contribution in [3.8, 4) is 11.8 Å². The summed E-state index contributed by atoms with van der Waals surface area (Å²) in [6.07, 6.45) is 0.814. The van der Waals surface area contributed by atoms with Crippen molar-refractivity contribution in [1.29, 1.82) is 0 Å². The van der Waals surface area contributed by atoms with Gasteiger partial charge in [-0.1, -0.05) is 18.8 Å². The van der Waals surface area contributed by atoms with Crippen molar-refractivity contribution in [3.63, 3.8) is 0 Å². The first-order valence-corrected chi connectivity index (χ1v) is 9.65. The number of carbonyl (C=O) groups is 1. The fourth-order valence-electron chi connectivity index (χ4n) is 1.88. The van der Waals surface area contributed by atoms with Gasteiger partial charge in [0.25, 0.3) is 10.0 Å². The minimum atomic E-state index is -3.51. The molecule has 1 aromatic carbocycles. The number of sulfonamides is 1. The van der Waals surface area contributed by atoms with Gasteiger partial charge in [0.05, 0.1) is 6.54 Å². The molecule has 2 rings (SSSR count). The number of thiophene rings is 1. The van der Waals surface area contributed by atoms with Crippen LogP contribution >= 0.6 is 11.3 Å². The second-order valence-corrected chi connectivity index (χ2v) is 8.12. The molecule has 0 atom stereocenters. The molecule has 24 heavy (non-hydrogen) atoms. The molecule has 0 unspecified atom stereocenters. The first-order valence-electron chi connectivity index (χ1n) is 7.35. The zero-order valence-electron chi connectivity index (χ0n) is 13.4. The second-order valence-electron chi connectivity index (χ2n) is 4.96. The summed E-state index contributed by atoms with van der Waals surface area (Å²) in [5, 5.41) is 2.67. The van der Waals surface area contributed by atoms with Crippen molar-refractivity contribution in [2.24, 2.45) is 0 Å². The molecule has 126 valence electrons. The third-order valence-corrected chi connectivity index (χ3v) is 6.16. The maximum absolute atomic E-state index is 12.1. The fraction of sp³-hybridized carbons (Fsp3) is 0.235. The Morgan fingerprint density at radius 1 is 1.17 bits per heavy atom. The van der Waals surface area contributed by atoms with E-state index in [-0.39, 0.29) is 12.5 Å². The van der Waals surface area contributed by atoms with Crippen LogP contribution in [0.3, 0.4) is 0 Å². The van der Waals surface area contributed by atoms with Gasteiger partial charge in [-0.3, -0.25) is 4.79 Å². The maximum Gasteiger partial charge on any atom is 0.250 e. The Bertz CT molecular complexity index is 873. The second kappa shape index (κ2) is 8.11. The molecule has 1 amide bonds. The van der Waals surface area contributed by atoms with Crippen LogP contribution in [0.2, 0.25) is 0 Å². The average molecular weight is 362 g/mol. The first kappa shape index (κ1) is 18.2. The SMILES string of the molecule is CCc1ccc(S(=O)(=O)NCC#Cc2ccc(NC(C)=O)cc2)s1. The lowest BCUT2D eigenvalue weighted by Crippen LogP contribution is -2.23. The molecule has 1 aromatic heterocycles. The number of carbonyl (C=O) groups excluding carboxylic acids is 1. The zero-order valence-corrected chi connectivity index (χ0v) is 15.1. The lowest BCUT2D eigenvalue weighted by atomic mass is 10.2. The van der Waals surface area contributed by atoms with Crippen LogP contribution in [0.4, 0.5) is 5.69 Å². The summed E-state index contributed by atoms with van der Waals surface area (Å²) < 4.78 is 27.0. The number of hydrogen-bond acceptors (Lipinski definition) is 4. The van der Waals surface area contributed by atoms with Gasteiger partial charge >= 0.3 is 0 Å². The van der Waals surface area contributed by atoms with E-state index < -0.39 is 10.0 Å². The number of anilines is 1. The van der Waals surface area contributed by atoms with Crippen molar-refractivity contribution in [3.05, 3.63) is 46.8 Å². The van der Waals surface area contributed by atoms with E-state index in [0.717, 1.165) is 16.9 Å². The van der Waals surface area contributed by atoms with Crippen LogP contribution in [0.15, 0.2) is 40.6 Å². The van der Waals surface area contributed by atoms with Gasteiger partial charge in [0.15, 0.2) is 0 Å². The fourth-order valence-corrected chi connectivity index (χ4v) is 4.14. The normalized spacial score (nSPS) is 10.8. The van der Waals surface area contributed by atoms with Crippen LogP contribution in [0.25, 0.3) is 0 Å². The minimum absolute atomic E-state index is 0.0368. The Hall–Kier alpha value is -2.14. The predicted octanol–water partition coefficient (Wildman–Crippen LogP) is 2.60. The van der Waals surface area contributed by atoms with E-state index in [9.17, 15) is 13.2 Å². The van der Waals surface area contributed by atoms with Crippen LogP contribution in [0, 0.1) is 11.8 Å². The smallest absolute Gasteiger partial charge is 0.250 e. The highest BCUT2D eigenvalue weighted by Gasteiger charge is 2.15. The summed E-state index contributed by atoms with van der Waals surface area (Å²) in [5.74, 6) is 5.53. The Morgan fingerprint density at radius 3 is 2.46 bits per heavy atom. The van der Waals surface area contributed by atoms with Crippen molar-refractivity contribution >= 4 is 33.0 Å². The molecule has 2 aromatic rings. The van der Waals surface area contributed by atoms with Gasteiger partial charge in [0, 0.05) is 23.1 Å². The number of aryl methyl sites for hydroxylation is 1. The van der Waals surface area contributed by atoms with E-state index >= 15 is 0 Å². The van der Waals surface area contributed by atoms with Crippen LogP contribution in [-0.4, -0.2) is 20.9 Å². The molecule has 0 radical (unpaired) electrons. The van der Waals surface area contributed by atoms with E-state index in [1.165, 1.54) is 18.3 Å². The summed E-state index contributed by atoms with van der Waals surface area (Å²) in [6, 6.07) is 10.4. The summed E-state index contributed by atoms with van der Waals surface area (Å²) in [7, 11) is -3.51. The molecule has 0 aliphatic rings. The van der Waals surface area contributed by atoms with Gasteiger partial charge in [-0.15, -0.1) is 11.3 Å². The van der Waals surface area contributed by atoms with Crippen LogP contribution in [-0.2, 0) is 21.2 Å². The predicted molar refractivity (Wildman–Crippen MR) is 96.5 cm³/mol. The lowest BCUT2D eigenvalue weighted by Gasteiger charge is -2.01. The minimum Gasteiger partial charge on any atom is -0.326 e. The molecule has 2 N–H and O–H groups in total. The molecule has 0 saturated carbocycles. The Morgan fingerprint density at radius 2 is 1.88 bits per heavy atom. The third-order valence-electron chi connectivity index (χ3n) is 3.04. The Labute approximate surface area is 146 Å². The Balaban J connectivity index is 1.94. The molecular formula is C17H18N2O3S2.